The zero-order chi connectivity index (χ0) is 16.6. The predicted octanol–water partition coefficient (Wildman–Crippen LogP) is 2.59. The number of aromatic nitrogens is 3. The molecule has 2 aromatic heterocycles. The van der Waals surface area contributed by atoms with Crippen molar-refractivity contribution in [1.29, 1.82) is 5.26 Å². The van der Waals surface area contributed by atoms with Gasteiger partial charge in [-0.2, -0.15) is 10.2 Å². The first-order chi connectivity index (χ1) is 11.0. The lowest BCUT2D eigenvalue weighted by atomic mass is 10.1. The highest BCUT2D eigenvalue weighted by atomic mass is 15.0. The van der Waals surface area contributed by atoms with Crippen molar-refractivity contribution < 1.29 is 0 Å². The van der Waals surface area contributed by atoms with Crippen LogP contribution in [0.25, 0.3) is 16.9 Å². The molecule has 23 heavy (non-hydrogen) atoms. The van der Waals surface area contributed by atoms with Crippen LogP contribution in [0.3, 0.4) is 0 Å². The summed E-state index contributed by atoms with van der Waals surface area (Å²) in [7, 11) is 0. The standard InChI is InChI=1S/C17H16N6/c1-10-3-4-11(2)23(10)13-7-5-12(6-8-13)15-14(9-18)16(19)22-17(20)21-15/h3-8H,1-2H3,(H4,19,20,21,22). The minimum Gasteiger partial charge on any atom is -0.382 e. The summed E-state index contributed by atoms with van der Waals surface area (Å²) in [5.41, 5.74) is 16.2. The van der Waals surface area contributed by atoms with Crippen LogP contribution in [0.4, 0.5) is 11.8 Å². The van der Waals surface area contributed by atoms with Crippen LogP contribution in [0, 0.1) is 25.2 Å². The fourth-order valence-corrected chi connectivity index (χ4v) is 2.66. The summed E-state index contributed by atoms with van der Waals surface area (Å²) in [4.78, 5) is 7.99. The van der Waals surface area contributed by atoms with E-state index in [2.05, 4.69) is 40.5 Å². The monoisotopic (exact) mass is 304 g/mol. The number of nitrogens with two attached hydrogens (primary N) is 2. The molecular formula is C17H16N6. The molecule has 0 aliphatic rings. The Balaban J connectivity index is 2.10. The van der Waals surface area contributed by atoms with E-state index < -0.39 is 0 Å². The van der Waals surface area contributed by atoms with Crippen molar-refractivity contribution in [2.24, 2.45) is 0 Å². The highest BCUT2D eigenvalue weighted by Gasteiger charge is 2.13. The van der Waals surface area contributed by atoms with E-state index in [0.29, 0.717) is 5.69 Å². The lowest BCUT2D eigenvalue weighted by Crippen LogP contribution is -2.05. The zero-order valence-corrected chi connectivity index (χ0v) is 12.9. The first-order valence-corrected chi connectivity index (χ1v) is 7.10. The summed E-state index contributed by atoms with van der Waals surface area (Å²) in [5, 5.41) is 9.27. The topological polar surface area (TPSA) is 107 Å². The van der Waals surface area contributed by atoms with Gasteiger partial charge in [0.25, 0.3) is 0 Å². The molecule has 4 N–H and O–H groups in total. The van der Waals surface area contributed by atoms with Crippen molar-refractivity contribution >= 4 is 11.8 Å². The number of rotatable bonds is 2. The highest BCUT2D eigenvalue weighted by molar-refractivity contribution is 5.73. The molecule has 3 aromatic rings. The highest BCUT2D eigenvalue weighted by Crippen LogP contribution is 2.26. The smallest absolute Gasteiger partial charge is 0.222 e. The molecule has 0 saturated heterocycles. The molecule has 0 spiro atoms. The summed E-state index contributed by atoms with van der Waals surface area (Å²) in [5.74, 6) is 0.147. The maximum absolute atomic E-state index is 9.27. The van der Waals surface area contributed by atoms with Gasteiger partial charge >= 0.3 is 0 Å². The number of hydrogen-bond donors (Lipinski definition) is 2. The predicted molar refractivity (Wildman–Crippen MR) is 89.8 cm³/mol. The summed E-state index contributed by atoms with van der Waals surface area (Å²) < 4.78 is 2.15. The lowest BCUT2D eigenvalue weighted by Gasteiger charge is -2.11. The Labute approximate surface area is 134 Å². The third-order valence-electron chi connectivity index (χ3n) is 3.74. The van der Waals surface area contributed by atoms with Crippen molar-refractivity contribution in [1.82, 2.24) is 14.5 Å². The number of nitrogen functional groups attached to an aromatic ring is 2. The van der Waals surface area contributed by atoms with Gasteiger partial charge < -0.3 is 16.0 Å². The fraction of sp³-hybridized carbons (Fsp3) is 0.118. The normalized spacial score (nSPS) is 10.5. The largest absolute Gasteiger partial charge is 0.382 e. The average Bonchev–Trinajstić information content (AvgIpc) is 2.86. The van der Waals surface area contributed by atoms with Crippen LogP contribution in [-0.2, 0) is 0 Å². The maximum atomic E-state index is 9.27. The summed E-state index contributed by atoms with van der Waals surface area (Å²) in [6.07, 6.45) is 0. The van der Waals surface area contributed by atoms with Gasteiger partial charge in [0.15, 0.2) is 0 Å². The Morgan fingerprint density at radius 2 is 1.57 bits per heavy atom. The Morgan fingerprint density at radius 1 is 0.957 bits per heavy atom. The molecule has 0 amide bonds. The first kappa shape index (κ1) is 14.6. The van der Waals surface area contributed by atoms with E-state index in [-0.39, 0.29) is 17.3 Å². The molecule has 3 rings (SSSR count). The van der Waals surface area contributed by atoms with Gasteiger partial charge in [0, 0.05) is 22.6 Å². The average molecular weight is 304 g/mol. The molecule has 0 aliphatic heterocycles. The molecule has 6 nitrogen and oxygen atoms in total. The summed E-state index contributed by atoms with van der Waals surface area (Å²) >= 11 is 0. The van der Waals surface area contributed by atoms with Crippen LogP contribution >= 0.6 is 0 Å². The SMILES string of the molecule is Cc1ccc(C)n1-c1ccc(-c2nc(N)nc(N)c2C#N)cc1. The van der Waals surface area contributed by atoms with Crippen molar-refractivity contribution in [3.05, 3.63) is 53.3 Å². The quantitative estimate of drug-likeness (QED) is 0.756. The number of hydrogen-bond acceptors (Lipinski definition) is 5. The fourth-order valence-electron chi connectivity index (χ4n) is 2.66. The maximum Gasteiger partial charge on any atom is 0.222 e. The molecule has 114 valence electrons. The van der Waals surface area contributed by atoms with Crippen LogP contribution in [-0.4, -0.2) is 14.5 Å². The number of anilines is 2. The van der Waals surface area contributed by atoms with Gasteiger partial charge in [-0.15, -0.1) is 0 Å². The van der Waals surface area contributed by atoms with E-state index in [4.69, 9.17) is 11.5 Å². The van der Waals surface area contributed by atoms with Crippen LogP contribution in [0.15, 0.2) is 36.4 Å². The van der Waals surface area contributed by atoms with Crippen molar-refractivity contribution in [2.75, 3.05) is 11.5 Å². The van der Waals surface area contributed by atoms with E-state index in [9.17, 15) is 5.26 Å². The van der Waals surface area contributed by atoms with Crippen molar-refractivity contribution in [3.63, 3.8) is 0 Å². The molecule has 0 bridgehead atoms. The summed E-state index contributed by atoms with van der Waals surface area (Å²) in [6.45, 7) is 4.11. The Kier molecular flexibility index (Phi) is 3.47. The van der Waals surface area contributed by atoms with Gasteiger partial charge in [0.2, 0.25) is 5.95 Å². The van der Waals surface area contributed by atoms with Crippen LogP contribution in [0.1, 0.15) is 17.0 Å². The van der Waals surface area contributed by atoms with Crippen LogP contribution in [0.2, 0.25) is 0 Å². The second-order valence-corrected chi connectivity index (χ2v) is 5.30. The summed E-state index contributed by atoms with van der Waals surface area (Å²) in [6, 6.07) is 13.9. The van der Waals surface area contributed by atoms with Gasteiger partial charge in [-0.05, 0) is 38.1 Å². The van der Waals surface area contributed by atoms with Gasteiger partial charge in [0.05, 0.1) is 5.69 Å². The molecule has 0 saturated carbocycles. The Bertz CT molecular complexity index is 896. The minimum absolute atomic E-state index is 0.0534. The van der Waals surface area contributed by atoms with Crippen molar-refractivity contribution in [3.8, 4) is 23.0 Å². The van der Waals surface area contributed by atoms with E-state index in [1.54, 1.807) is 0 Å². The van der Waals surface area contributed by atoms with E-state index in [1.165, 1.54) is 0 Å². The molecule has 0 fully saturated rings. The van der Waals surface area contributed by atoms with Gasteiger partial charge in [-0.25, -0.2) is 4.98 Å². The molecule has 0 atom stereocenters. The van der Waals surface area contributed by atoms with E-state index in [0.717, 1.165) is 22.6 Å². The minimum atomic E-state index is 0.0534. The molecule has 6 heteroatoms. The van der Waals surface area contributed by atoms with Crippen LogP contribution in [0.5, 0.6) is 0 Å². The van der Waals surface area contributed by atoms with Crippen molar-refractivity contribution in [2.45, 2.75) is 13.8 Å². The second-order valence-electron chi connectivity index (χ2n) is 5.30. The van der Waals surface area contributed by atoms with E-state index in [1.807, 2.05) is 30.3 Å². The lowest BCUT2D eigenvalue weighted by molar-refractivity contribution is 0.966. The van der Waals surface area contributed by atoms with E-state index >= 15 is 0 Å². The number of aryl methyl sites for hydroxylation is 2. The third-order valence-corrected chi connectivity index (χ3v) is 3.74. The molecular weight excluding hydrogens is 288 g/mol. The first-order valence-electron chi connectivity index (χ1n) is 7.10. The molecule has 0 unspecified atom stereocenters. The molecule has 1 aromatic carbocycles. The number of nitrogens with zero attached hydrogens (tertiary/aromatic N) is 4. The van der Waals surface area contributed by atoms with Gasteiger partial charge in [-0.1, -0.05) is 12.1 Å². The van der Waals surface area contributed by atoms with Crippen LogP contribution < -0.4 is 11.5 Å². The Morgan fingerprint density at radius 3 is 2.13 bits per heavy atom. The Hall–Kier alpha value is -3.33. The van der Waals surface area contributed by atoms with Gasteiger partial charge in [0.1, 0.15) is 17.5 Å². The molecule has 0 aliphatic carbocycles. The third kappa shape index (κ3) is 2.49. The number of nitriles is 1. The van der Waals surface area contributed by atoms with Gasteiger partial charge in [-0.3, -0.25) is 0 Å². The zero-order valence-electron chi connectivity index (χ0n) is 12.9. The second kappa shape index (κ2) is 5.46. The molecule has 2 heterocycles. The number of benzene rings is 1. The molecule has 0 radical (unpaired) electrons.